The summed E-state index contributed by atoms with van der Waals surface area (Å²) in [5, 5.41) is 14.1. The zero-order valence-electron chi connectivity index (χ0n) is 13.5. The molecule has 2 aromatic rings. The summed E-state index contributed by atoms with van der Waals surface area (Å²) < 4.78 is 14.5. The number of nitrogens with two attached hydrogens (primary N) is 1. The van der Waals surface area contributed by atoms with Crippen molar-refractivity contribution in [3.8, 4) is 0 Å². The Labute approximate surface area is 134 Å². The number of nitrogens with one attached hydrogen (secondary N) is 1. The normalized spacial score (nSPS) is 12.9. The monoisotopic (exact) mass is 320 g/mol. The van der Waals surface area contributed by atoms with E-state index in [0.29, 0.717) is 18.8 Å². The van der Waals surface area contributed by atoms with E-state index in [-0.39, 0.29) is 11.7 Å². The lowest BCUT2D eigenvalue weighted by molar-refractivity contribution is -0.124. The average Bonchev–Trinajstić information content (AvgIpc) is 2.89. The number of rotatable bonds is 6. The van der Waals surface area contributed by atoms with Gasteiger partial charge in [-0.25, -0.2) is 9.07 Å². The van der Waals surface area contributed by atoms with Crippen molar-refractivity contribution in [1.29, 1.82) is 0 Å². The lowest BCUT2D eigenvalue weighted by Gasteiger charge is -2.22. The van der Waals surface area contributed by atoms with Gasteiger partial charge in [0.2, 0.25) is 5.91 Å². The van der Waals surface area contributed by atoms with Crippen LogP contribution >= 0.6 is 0 Å². The molecule has 0 bridgehead atoms. The number of amides is 1. The standard InChI is InChI=1S/C15H21FN6O/c1-10-19-20-21-22(10)13(14(23)18-9-15(2,3)17)8-11-4-6-12(16)7-5-11/h4-7,13H,8-9,17H2,1-3H3,(H,18,23). The molecule has 8 heteroatoms. The molecule has 0 saturated carbocycles. The second kappa shape index (κ2) is 6.82. The fourth-order valence-electron chi connectivity index (χ4n) is 2.09. The SMILES string of the molecule is Cc1nnnn1C(Cc1ccc(F)cc1)C(=O)NCC(C)(C)N. The highest BCUT2D eigenvalue weighted by molar-refractivity contribution is 5.80. The number of tetrazole rings is 1. The first-order chi connectivity index (χ1) is 10.8. The molecule has 0 aliphatic carbocycles. The Balaban J connectivity index is 2.20. The van der Waals surface area contributed by atoms with Crippen LogP contribution in [0.1, 0.15) is 31.3 Å². The van der Waals surface area contributed by atoms with E-state index in [1.807, 2.05) is 13.8 Å². The van der Waals surface area contributed by atoms with Crippen LogP contribution in [0.15, 0.2) is 24.3 Å². The third-order valence-electron chi connectivity index (χ3n) is 3.32. The smallest absolute Gasteiger partial charge is 0.245 e. The van der Waals surface area contributed by atoms with E-state index in [0.717, 1.165) is 5.56 Å². The summed E-state index contributed by atoms with van der Waals surface area (Å²) in [5.74, 6) is -0.0271. The van der Waals surface area contributed by atoms with Crippen molar-refractivity contribution in [2.24, 2.45) is 5.73 Å². The Kier molecular flexibility index (Phi) is 5.05. The number of halogens is 1. The van der Waals surface area contributed by atoms with Crippen LogP contribution in [0.5, 0.6) is 0 Å². The molecule has 7 nitrogen and oxygen atoms in total. The van der Waals surface area contributed by atoms with Crippen LogP contribution < -0.4 is 11.1 Å². The highest BCUT2D eigenvalue weighted by atomic mass is 19.1. The second-order valence-corrected chi connectivity index (χ2v) is 6.22. The van der Waals surface area contributed by atoms with Crippen molar-refractivity contribution < 1.29 is 9.18 Å². The quantitative estimate of drug-likeness (QED) is 0.818. The zero-order valence-corrected chi connectivity index (χ0v) is 13.5. The van der Waals surface area contributed by atoms with E-state index in [4.69, 9.17) is 5.73 Å². The molecular weight excluding hydrogens is 299 g/mol. The minimum atomic E-state index is -0.627. The topological polar surface area (TPSA) is 98.7 Å². The first kappa shape index (κ1) is 17.0. The highest BCUT2D eigenvalue weighted by Crippen LogP contribution is 2.16. The predicted octanol–water partition coefficient (Wildman–Crippen LogP) is 0.758. The number of benzene rings is 1. The molecule has 124 valence electrons. The van der Waals surface area contributed by atoms with Gasteiger partial charge in [-0.05, 0) is 48.9 Å². The molecule has 0 aliphatic heterocycles. The van der Waals surface area contributed by atoms with E-state index in [1.165, 1.54) is 16.8 Å². The Bertz CT molecular complexity index is 661. The van der Waals surface area contributed by atoms with Crippen molar-refractivity contribution in [3.63, 3.8) is 0 Å². The molecule has 0 aliphatic rings. The predicted molar refractivity (Wildman–Crippen MR) is 83.0 cm³/mol. The third kappa shape index (κ3) is 4.82. The van der Waals surface area contributed by atoms with Gasteiger partial charge in [0.25, 0.3) is 0 Å². The molecule has 0 fully saturated rings. The van der Waals surface area contributed by atoms with E-state index in [1.54, 1.807) is 19.1 Å². The summed E-state index contributed by atoms with van der Waals surface area (Å²) in [6.07, 6.45) is 0.350. The van der Waals surface area contributed by atoms with Crippen LogP contribution in [-0.2, 0) is 11.2 Å². The third-order valence-corrected chi connectivity index (χ3v) is 3.32. The Hall–Kier alpha value is -2.35. The molecule has 1 atom stereocenters. The summed E-state index contributed by atoms with van der Waals surface area (Å²) >= 11 is 0. The molecule has 3 N–H and O–H groups in total. The van der Waals surface area contributed by atoms with E-state index < -0.39 is 11.6 Å². The lowest BCUT2D eigenvalue weighted by Crippen LogP contribution is -2.47. The molecule has 1 heterocycles. The highest BCUT2D eigenvalue weighted by Gasteiger charge is 2.25. The van der Waals surface area contributed by atoms with Gasteiger partial charge in [-0.1, -0.05) is 12.1 Å². The maximum absolute atomic E-state index is 13.0. The Morgan fingerprint density at radius 1 is 1.39 bits per heavy atom. The minimum absolute atomic E-state index is 0.233. The first-order valence-electron chi connectivity index (χ1n) is 7.32. The molecule has 1 amide bonds. The summed E-state index contributed by atoms with van der Waals surface area (Å²) in [7, 11) is 0. The van der Waals surface area contributed by atoms with E-state index >= 15 is 0 Å². The minimum Gasteiger partial charge on any atom is -0.352 e. The van der Waals surface area contributed by atoms with Crippen LogP contribution in [0.25, 0.3) is 0 Å². The van der Waals surface area contributed by atoms with Gasteiger partial charge in [-0.15, -0.1) is 5.10 Å². The van der Waals surface area contributed by atoms with Crippen molar-refractivity contribution in [2.45, 2.75) is 38.8 Å². The molecular formula is C15H21FN6O. The number of aryl methyl sites for hydroxylation is 1. The summed E-state index contributed by atoms with van der Waals surface area (Å²) in [4.78, 5) is 12.6. The summed E-state index contributed by atoms with van der Waals surface area (Å²) in [5.41, 5.74) is 6.19. The van der Waals surface area contributed by atoms with Gasteiger partial charge in [0, 0.05) is 18.5 Å². The number of hydrogen-bond donors (Lipinski definition) is 2. The van der Waals surface area contributed by atoms with E-state index in [9.17, 15) is 9.18 Å². The Morgan fingerprint density at radius 3 is 2.57 bits per heavy atom. The van der Waals surface area contributed by atoms with Crippen molar-refractivity contribution in [3.05, 3.63) is 41.5 Å². The molecule has 1 unspecified atom stereocenters. The van der Waals surface area contributed by atoms with Crippen molar-refractivity contribution in [1.82, 2.24) is 25.5 Å². The van der Waals surface area contributed by atoms with Gasteiger partial charge in [0.1, 0.15) is 17.7 Å². The molecule has 0 saturated heterocycles. The number of carbonyl (C=O) groups excluding carboxylic acids is 1. The maximum atomic E-state index is 13.0. The fraction of sp³-hybridized carbons (Fsp3) is 0.467. The largest absolute Gasteiger partial charge is 0.352 e. The van der Waals surface area contributed by atoms with Crippen LogP contribution in [-0.4, -0.2) is 38.2 Å². The summed E-state index contributed by atoms with van der Waals surface area (Å²) in [6.45, 7) is 5.69. The van der Waals surface area contributed by atoms with Crippen LogP contribution in [0.4, 0.5) is 4.39 Å². The van der Waals surface area contributed by atoms with Crippen LogP contribution in [0.3, 0.4) is 0 Å². The van der Waals surface area contributed by atoms with Crippen LogP contribution in [0, 0.1) is 12.7 Å². The van der Waals surface area contributed by atoms with Gasteiger partial charge >= 0.3 is 0 Å². The van der Waals surface area contributed by atoms with E-state index in [2.05, 4.69) is 20.8 Å². The maximum Gasteiger partial charge on any atom is 0.245 e. The van der Waals surface area contributed by atoms with Gasteiger partial charge in [0.05, 0.1) is 0 Å². The van der Waals surface area contributed by atoms with Crippen LogP contribution in [0.2, 0.25) is 0 Å². The van der Waals surface area contributed by atoms with Crippen molar-refractivity contribution >= 4 is 5.91 Å². The summed E-state index contributed by atoms with van der Waals surface area (Å²) in [6, 6.07) is 5.38. The average molecular weight is 320 g/mol. The molecule has 23 heavy (non-hydrogen) atoms. The Morgan fingerprint density at radius 2 is 2.04 bits per heavy atom. The second-order valence-electron chi connectivity index (χ2n) is 6.22. The molecule has 1 aromatic heterocycles. The molecule has 0 spiro atoms. The van der Waals surface area contributed by atoms with Gasteiger partial charge in [-0.3, -0.25) is 4.79 Å². The lowest BCUT2D eigenvalue weighted by atomic mass is 10.0. The van der Waals surface area contributed by atoms with Gasteiger partial charge in [0.15, 0.2) is 0 Å². The molecule has 2 rings (SSSR count). The number of aromatic nitrogens is 4. The molecule has 1 aromatic carbocycles. The number of hydrogen-bond acceptors (Lipinski definition) is 5. The van der Waals surface area contributed by atoms with Gasteiger partial charge < -0.3 is 11.1 Å². The number of nitrogens with zero attached hydrogens (tertiary/aromatic N) is 4. The molecule has 0 radical (unpaired) electrons. The first-order valence-corrected chi connectivity index (χ1v) is 7.32. The zero-order chi connectivity index (χ0) is 17.0. The number of carbonyl (C=O) groups is 1. The van der Waals surface area contributed by atoms with Crippen molar-refractivity contribution in [2.75, 3.05) is 6.54 Å². The fourth-order valence-corrected chi connectivity index (χ4v) is 2.09. The van der Waals surface area contributed by atoms with Gasteiger partial charge in [-0.2, -0.15) is 0 Å².